The van der Waals surface area contributed by atoms with Crippen LogP contribution >= 0.6 is 0 Å². The molecule has 3 aromatic carbocycles. The monoisotopic (exact) mass is 417 g/mol. The van der Waals surface area contributed by atoms with Gasteiger partial charge in [-0.2, -0.15) is 0 Å². The summed E-state index contributed by atoms with van der Waals surface area (Å²) in [6, 6.07) is 25.5. The van der Waals surface area contributed by atoms with E-state index in [-0.39, 0.29) is 10.8 Å². The number of aryl methyl sites for hydroxylation is 1. The van der Waals surface area contributed by atoms with Gasteiger partial charge in [0.15, 0.2) is 0 Å². The molecule has 0 aliphatic carbocycles. The van der Waals surface area contributed by atoms with E-state index in [1.54, 1.807) is 31.2 Å². The molecule has 0 fully saturated rings. The predicted molar refractivity (Wildman–Crippen MR) is 118 cm³/mol. The second kappa shape index (κ2) is 7.92. The van der Waals surface area contributed by atoms with E-state index < -0.39 is 21.8 Å². The van der Waals surface area contributed by atoms with Gasteiger partial charge in [-0.25, -0.2) is 12.7 Å². The molecule has 0 saturated carbocycles. The van der Waals surface area contributed by atoms with Gasteiger partial charge in [0.2, 0.25) is 5.91 Å². The zero-order valence-electron chi connectivity index (χ0n) is 16.9. The van der Waals surface area contributed by atoms with E-state index in [2.05, 4.69) is 0 Å². The van der Waals surface area contributed by atoms with Gasteiger partial charge in [-0.3, -0.25) is 4.79 Å². The Morgan fingerprint density at radius 3 is 1.97 bits per heavy atom. The number of carbonyl (C=O) groups excluding carboxylic acids is 1. The average molecular weight is 418 g/mol. The maximum atomic E-state index is 13.5. The number of carbonyl (C=O) groups is 1. The topological polar surface area (TPSA) is 54.5 Å². The van der Waals surface area contributed by atoms with Gasteiger partial charge in [0.1, 0.15) is 0 Å². The lowest BCUT2D eigenvalue weighted by Crippen LogP contribution is -2.43. The zero-order valence-corrected chi connectivity index (χ0v) is 17.7. The Labute approximate surface area is 177 Å². The third kappa shape index (κ3) is 3.57. The van der Waals surface area contributed by atoms with Crippen molar-refractivity contribution in [1.82, 2.24) is 4.31 Å². The summed E-state index contributed by atoms with van der Waals surface area (Å²) in [4.78, 5) is 13.6. The zero-order chi connectivity index (χ0) is 21.3. The summed E-state index contributed by atoms with van der Waals surface area (Å²) in [7, 11) is -4.05. The van der Waals surface area contributed by atoms with Gasteiger partial charge in [0.05, 0.1) is 10.6 Å². The molecular formula is C25H23NO3S. The summed E-state index contributed by atoms with van der Waals surface area (Å²) >= 11 is 0. The normalized spacial score (nSPS) is 19.5. The van der Waals surface area contributed by atoms with E-state index in [1.807, 2.05) is 73.7 Å². The third-order valence-electron chi connectivity index (χ3n) is 5.50. The van der Waals surface area contributed by atoms with Crippen LogP contribution in [0.1, 0.15) is 29.5 Å². The molecule has 0 saturated heterocycles. The van der Waals surface area contributed by atoms with Crippen LogP contribution in [0.2, 0.25) is 0 Å². The highest BCUT2D eigenvalue weighted by Gasteiger charge is 2.42. The van der Waals surface area contributed by atoms with Crippen LogP contribution in [0.4, 0.5) is 0 Å². The van der Waals surface area contributed by atoms with Crippen LogP contribution in [0.5, 0.6) is 0 Å². The maximum absolute atomic E-state index is 13.5. The highest BCUT2D eigenvalue weighted by atomic mass is 32.2. The minimum atomic E-state index is -4.05. The van der Waals surface area contributed by atoms with Crippen LogP contribution < -0.4 is 0 Å². The first-order valence-corrected chi connectivity index (χ1v) is 11.3. The number of amides is 1. The summed E-state index contributed by atoms with van der Waals surface area (Å²) in [5.41, 5.74) is 3.02. The second-order valence-electron chi connectivity index (χ2n) is 7.56. The molecule has 0 radical (unpaired) electrons. The van der Waals surface area contributed by atoms with Crippen molar-refractivity contribution < 1.29 is 13.2 Å². The van der Waals surface area contributed by atoms with Gasteiger partial charge in [-0.05, 0) is 30.2 Å². The average Bonchev–Trinajstić information content (AvgIpc) is 2.76. The quantitative estimate of drug-likeness (QED) is 0.601. The molecule has 30 heavy (non-hydrogen) atoms. The van der Waals surface area contributed by atoms with Crippen molar-refractivity contribution in [1.29, 1.82) is 0 Å². The smallest absolute Gasteiger partial charge is 0.270 e. The molecule has 4 rings (SSSR count). The minimum Gasteiger partial charge on any atom is -0.273 e. The van der Waals surface area contributed by atoms with Gasteiger partial charge in [-0.15, -0.1) is 0 Å². The lowest BCUT2D eigenvalue weighted by molar-refractivity contribution is -0.128. The third-order valence-corrected chi connectivity index (χ3v) is 7.22. The molecule has 4 nitrogen and oxygen atoms in total. The van der Waals surface area contributed by atoms with Crippen molar-refractivity contribution in [3.8, 4) is 0 Å². The van der Waals surface area contributed by atoms with E-state index >= 15 is 0 Å². The van der Waals surface area contributed by atoms with Crippen molar-refractivity contribution in [2.24, 2.45) is 5.92 Å². The molecule has 0 unspecified atom stereocenters. The Hall–Kier alpha value is -3.18. The Morgan fingerprint density at radius 2 is 1.37 bits per heavy atom. The first-order valence-electron chi connectivity index (χ1n) is 9.87. The highest BCUT2D eigenvalue weighted by Crippen LogP contribution is 2.40. The van der Waals surface area contributed by atoms with Crippen LogP contribution in [0.15, 0.2) is 95.9 Å². The summed E-state index contributed by atoms with van der Waals surface area (Å²) in [5, 5.41) is 0. The van der Waals surface area contributed by atoms with Crippen molar-refractivity contribution in [3.63, 3.8) is 0 Å². The fourth-order valence-electron chi connectivity index (χ4n) is 3.79. The Kier molecular flexibility index (Phi) is 5.31. The first-order chi connectivity index (χ1) is 14.4. The van der Waals surface area contributed by atoms with E-state index in [0.717, 1.165) is 15.4 Å². The minimum absolute atomic E-state index is 0.105. The summed E-state index contributed by atoms with van der Waals surface area (Å²) < 4.78 is 28.1. The van der Waals surface area contributed by atoms with E-state index in [0.29, 0.717) is 11.3 Å². The van der Waals surface area contributed by atoms with Crippen LogP contribution in [-0.2, 0) is 14.8 Å². The number of hydrogen-bond donors (Lipinski definition) is 0. The van der Waals surface area contributed by atoms with E-state index in [9.17, 15) is 13.2 Å². The van der Waals surface area contributed by atoms with Gasteiger partial charge in [0, 0.05) is 11.8 Å². The maximum Gasteiger partial charge on any atom is 0.270 e. The molecule has 1 aliphatic heterocycles. The van der Waals surface area contributed by atoms with E-state index in [4.69, 9.17) is 0 Å². The van der Waals surface area contributed by atoms with Crippen molar-refractivity contribution in [3.05, 3.63) is 108 Å². The van der Waals surface area contributed by atoms with Gasteiger partial charge in [0.25, 0.3) is 10.0 Å². The lowest BCUT2D eigenvalue weighted by Gasteiger charge is -2.35. The van der Waals surface area contributed by atoms with Crippen LogP contribution in [0.25, 0.3) is 5.70 Å². The Morgan fingerprint density at radius 1 is 0.800 bits per heavy atom. The molecule has 0 spiro atoms. The standard InChI is InChI=1S/C25H23NO3S/c1-18-13-15-22(16-14-18)30(28,29)26-24(21-11-7-4-8-12-21)17-23(19(2)25(26)27)20-9-5-3-6-10-20/h3-17,19,23H,1-2H3/t19-,23+/m0/s1. The van der Waals surface area contributed by atoms with E-state index in [1.165, 1.54) is 0 Å². The number of nitrogens with zero attached hydrogens (tertiary/aromatic N) is 1. The predicted octanol–water partition coefficient (Wildman–Crippen LogP) is 4.99. The molecule has 0 aromatic heterocycles. The number of rotatable bonds is 4. The number of sulfonamides is 1. The molecule has 1 heterocycles. The number of allylic oxidation sites excluding steroid dienone is 1. The SMILES string of the molecule is Cc1ccc(S(=O)(=O)N2C(=O)[C@@H](C)[C@H](c3ccccc3)C=C2c2ccccc2)cc1. The fraction of sp³-hybridized carbons (Fsp3) is 0.160. The molecule has 1 amide bonds. The number of hydrogen-bond acceptors (Lipinski definition) is 3. The molecule has 5 heteroatoms. The summed E-state index contributed by atoms with van der Waals surface area (Å²) in [6.45, 7) is 3.68. The Balaban J connectivity index is 1.90. The molecule has 0 bridgehead atoms. The van der Waals surface area contributed by atoms with Gasteiger partial charge < -0.3 is 0 Å². The number of benzene rings is 3. The summed E-state index contributed by atoms with van der Waals surface area (Å²) in [5.74, 6) is -1.15. The van der Waals surface area contributed by atoms with Gasteiger partial charge >= 0.3 is 0 Å². The van der Waals surface area contributed by atoms with Crippen LogP contribution in [0, 0.1) is 12.8 Å². The summed E-state index contributed by atoms with van der Waals surface area (Å²) in [6.07, 6.45) is 1.91. The van der Waals surface area contributed by atoms with Crippen LogP contribution in [0.3, 0.4) is 0 Å². The van der Waals surface area contributed by atoms with Crippen molar-refractivity contribution in [2.75, 3.05) is 0 Å². The van der Waals surface area contributed by atoms with Crippen molar-refractivity contribution in [2.45, 2.75) is 24.7 Å². The molecule has 2 atom stereocenters. The van der Waals surface area contributed by atoms with Crippen molar-refractivity contribution >= 4 is 21.6 Å². The Bertz CT molecular complexity index is 1180. The second-order valence-corrected chi connectivity index (χ2v) is 9.35. The molecule has 152 valence electrons. The molecular weight excluding hydrogens is 394 g/mol. The fourth-order valence-corrected chi connectivity index (χ4v) is 5.30. The first kappa shape index (κ1) is 20.1. The molecule has 1 aliphatic rings. The van der Waals surface area contributed by atoms with Crippen LogP contribution in [-0.4, -0.2) is 18.6 Å². The largest absolute Gasteiger partial charge is 0.273 e. The van der Waals surface area contributed by atoms with Gasteiger partial charge in [-0.1, -0.05) is 91.4 Å². The molecule has 0 N–H and O–H groups in total. The highest BCUT2D eigenvalue weighted by molar-refractivity contribution is 7.90. The molecule has 3 aromatic rings. The lowest BCUT2D eigenvalue weighted by atomic mass is 9.83.